The van der Waals surface area contributed by atoms with Crippen LogP contribution in [0.4, 0.5) is 21.0 Å². The van der Waals surface area contributed by atoms with Crippen LogP contribution < -0.4 is 25.8 Å². The van der Waals surface area contributed by atoms with Gasteiger partial charge in [-0.15, -0.1) is 0 Å². The number of nitrogens with one attached hydrogen (secondary N) is 3. The molecule has 97 heavy (non-hydrogen) atoms. The molecule has 0 spiro atoms. The first-order chi connectivity index (χ1) is 46.2. The lowest BCUT2D eigenvalue weighted by Gasteiger charge is -2.35. The molecule has 13 rings (SSSR count). The van der Waals surface area contributed by atoms with Gasteiger partial charge in [-0.3, -0.25) is 33.8 Å². The van der Waals surface area contributed by atoms with Crippen molar-refractivity contribution >= 4 is 75.7 Å². The summed E-state index contributed by atoms with van der Waals surface area (Å²) in [7, 11) is 3.61. The Labute approximate surface area is 582 Å². The number of ether oxygens (including phenoxy) is 2. The van der Waals surface area contributed by atoms with Crippen molar-refractivity contribution in [2.24, 2.45) is 29.6 Å². The summed E-state index contributed by atoms with van der Waals surface area (Å²) in [6.45, 7) is 10.9. The molecule has 19 nitrogen and oxygen atoms in total. The number of likely N-dealkylation sites (N-methyl/N-ethyl adjacent to an activating group) is 2. The topological polar surface area (TPSA) is 258 Å². The molecule has 4 aliphatic carbocycles. The SMILES string of the molecule is CC(C)(C)OC(=O)N1[C@@H]2CC[C@@H](C2)[C@H]1C(=O)N[C@H](C#N)Cc1ccc(I)cc1.CN1C(=O)Cc2ccc(-c3ccc(C[C@@H](C#N)NC(=O)[C@@H]4[C@H]5CC[C@H](C5)N4C(=O)OC(C)(C)C)cc3)cc21.CN1C(=O)Cc2ccc(-c3ccc(C[C@@H](C#N)NC(=O)[C@H]4C[C@@H]5CC[C@H]4C5)cc3)cc21. The Balaban J connectivity index is 0.000000150. The first kappa shape index (κ1) is 69.5. The molecule has 12 atom stereocenters. The minimum atomic E-state index is -0.715. The van der Waals surface area contributed by atoms with Gasteiger partial charge in [-0.05, 0) is 220 Å². The molecule has 0 radical (unpaired) electrons. The number of anilines is 2. The van der Waals surface area contributed by atoms with E-state index in [0.29, 0.717) is 43.9 Å². The van der Waals surface area contributed by atoms with Crippen LogP contribution in [0.1, 0.15) is 134 Å². The molecule has 6 bridgehead atoms. The molecule has 20 heteroatoms. The average molecular weight is 1420 g/mol. The summed E-state index contributed by atoms with van der Waals surface area (Å²) in [4.78, 5) is 95.1. The third kappa shape index (κ3) is 16.1. The van der Waals surface area contributed by atoms with Crippen LogP contribution in [0.25, 0.3) is 22.3 Å². The number of amides is 7. The summed E-state index contributed by atoms with van der Waals surface area (Å²) >= 11 is 2.23. The molecule has 4 aliphatic heterocycles. The lowest BCUT2D eigenvalue weighted by molar-refractivity contribution is -0.128. The number of hydrogen-bond donors (Lipinski definition) is 3. The van der Waals surface area contributed by atoms with Crippen LogP contribution in [0.15, 0.2) is 109 Å². The zero-order valence-corrected chi connectivity index (χ0v) is 58.8. The van der Waals surface area contributed by atoms with Gasteiger partial charge in [0.05, 0.1) is 31.0 Å². The maximum absolute atomic E-state index is 13.3. The summed E-state index contributed by atoms with van der Waals surface area (Å²) in [5.74, 6) is 1.29. The molecule has 506 valence electrons. The fourth-order valence-electron chi connectivity index (χ4n) is 15.8. The van der Waals surface area contributed by atoms with E-state index in [1.54, 1.807) is 26.6 Å². The Bertz CT molecular complexity index is 3960. The molecule has 7 amide bonds. The smallest absolute Gasteiger partial charge is 0.411 e. The van der Waals surface area contributed by atoms with E-state index in [0.717, 1.165) is 116 Å². The molecular weight excluding hydrogens is 1340 g/mol. The van der Waals surface area contributed by atoms with Gasteiger partial charge in [-0.1, -0.05) is 91.3 Å². The highest BCUT2D eigenvalue weighted by atomic mass is 127. The van der Waals surface area contributed by atoms with E-state index in [1.807, 2.05) is 152 Å². The van der Waals surface area contributed by atoms with Crippen LogP contribution in [0, 0.1) is 67.2 Å². The van der Waals surface area contributed by atoms with Crippen molar-refractivity contribution in [1.29, 1.82) is 15.8 Å². The molecule has 4 saturated carbocycles. The van der Waals surface area contributed by atoms with Crippen LogP contribution in [-0.4, -0.2) is 119 Å². The van der Waals surface area contributed by atoms with Gasteiger partial charge in [-0.25, -0.2) is 9.59 Å². The normalized spacial score (nSPS) is 23.9. The number of nitrogens with zero attached hydrogens (tertiary/aromatic N) is 7. The zero-order chi connectivity index (χ0) is 69.2. The Morgan fingerprint density at radius 2 is 0.866 bits per heavy atom. The van der Waals surface area contributed by atoms with Gasteiger partial charge in [0.15, 0.2) is 0 Å². The van der Waals surface area contributed by atoms with Crippen LogP contribution in [-0.2, 0) is 65.6 Å². The minimum absolute atomic E-state index is 0.0100. The van der Waals surface area contributed by atoms with E-state index in [1.165, 1.54) is 12.8 Å². The largest absolute Gasteiger partial charge is 0.444 e. The number of benzene rings is 5. The highest BCUT2D eigenvalue weighted by Gasteiger charge is 2.54. The Morgan fingerprint density at radius 1 is 0.495 bits per heavy atom. The lowest BCUT2D eigenvalue weighted by atomic mass is 9.88. The van der Waals surface area contributed by atoms with Crippen molar-refractivity contribution < 1.29 is 43.0 Å². The second kappa shape index (κ2) is 29.1. The summed E-state index contributed by atoms with van der Waals surface area (Å²) < 4.78 is 12.2. The summed E-state index contributed by atoms with van der Waals surface area (Å²) in [5.41, 5.74) is 9.84. The van der Waals surface area contributed by atoms with Crippen molar-refractivity contribution in [3.63, 3.8) is 0 Å². The van der Waals surface area contributed by atoms with E-state index in [2.05, 4.69) is 62.8 Å². The Kier molecular flexibility index (Phi) is 20.9. The summed E-state index contributed by atoms with van der Waals surface area (Å²) in [6.07, 6.45) is 11.1. The number of likely N-dealkylation sites (tertiary alicyclic amines) is 2. The fraction of sp³-hybridized carbons (Fsp3) is 0.481. The molecule has 0 aromatic heterocycles. The van der Waals surface area contributed by atoms with E-state index in [-0.39, 0.29) is 59.4 Å². The zero-order valence-electron chi connectivity index (χ0n) is 56.6. The number of hydrogen-bond acceptors (Lipinski definition) is 12. The number of piperidine rings is 2. The molecule has 4 heterocycles. The molecule has 6 fully saturated rings. The predicted octanol–water partition coefficient (Wildman–Crippen LogP) is 11.7. The van der Waals surface area contributed by atoms with Gasteiger partial charge >= 0.3 is 12.2 Å². The molecule has 8 aliphatic rings. The van der Waals surface area contributed by atoms with Gasteiger partial charge in [0.25, 0.3) is 0 Å². The van der Waals surface area contributed by atoms with Crippen molar-refractivity contribution in [3.8, 4) is 40.5 Å². The molecule has 5 aromatic rings. The van der Waals surface area contributed by atoms with Gasteiger partial charge in [-0.2, -0.15) is 15.8 Å². The van der Waals surface area contributed by atoms with E-state index in [4.69, 9.17) is 9.47 Å². The van der Waals surface area contributed by atoms with Gasteiger partial charge in [0, 0.05) is 66.3 Å². The van der Waals surface area contributed by atoms with Crippen LogP contribution >= 0.6 is 22.6 Å². The standard InChI is InChI=1S/C30H34N4O4.C26H27N3O2.C21H26IN3O3/c1-30(2,3)38-29(37)34-24-12-11-22(14-24)27(34)28(36)32-23(17-31)13-18-5-7-19(8-6-18)20-9-10-21-16-26(35)33(4)25(21)15-20;1-29-24-13-19(8-9-21(24)14-25(29)30)18-5-2-16(3-6-18)11-22(15-27)28-26(31)23-12-17-4-7-20(23)10-17;1-21(2,3)28-20(27)25-17-9-6-14(11-17)18(25)19(26)24-16(12-23)10-13-4-7-15(22)8-5-13/h5-10,15,22-24,27H,11-14,16H2,1-4H3,(H,32,36);2-3,5-6,8-9,13,17,20,22-23H,4,7,10-12,14H2,1H3,(H,28,31);4-5,7-8,14,16-18H,6,9-11H2,1-3H3,(H,24,26)/t22-,23-,24+,27-;17-,20+,22+,23+;14-,16-,17+,18-/m010/s1. The molecule has 0 unspecified atom stereocenters. The van der Waals surface area contributed by atoms with Crippen LogP contribution in [0.5, 0.6) is 0 Å². The highest BCUT2D eigenvalue weighted by molar-refractivity contribution is 14.1. The van der Waals surface area contributed by atoms with E-state index in [9.17, 15) is 49.3 Å². The van der Waals surface area contributed by atoms with Gasteiger partial charge in [0.1, 0.15) is 41.4 Å². The summed E-state index contributed by atoms with van der Waals surface area (Å²) in [5, 5.41) is 37.6. The predicted molar refractivity (Wildman–Crippen MR) is 376 cm³/mol. The molecule has 5 aromatic carbocycles. The molecule has 2 saturated heterocycles. The number of halogens is 1. The van der Waals surface area contributed by atoms with Crippen molar-refractivity contribution in [2.45, 2.75) is 191 Å². The van der Waals surface area contributed by atoms with Crippen LogP contribution in [0.2, 0.25) is 0 Å². The maximum atomic E-state index is 13.3. The monoisotopic (exact) mass is 1420 g/mol. The van der Waals surface area contributed by atoms with E-state index < -0.39 is 53.6 Å². The first-order valence-corrected chi connectivity index (χ1v) is 35.2. The second-order valence-electron chi connectivity index (χ2n) is 29.5. The number of carbonyl (C=O) groups is 7. The average Bonchev–Trinajstić information content (AvgIpc) is 1.65. The summed E-state index contributed by atoms with van der Waals surface area (Å²) in [6, 6.07) is 39.8. The number of nitriles is 3. The quantitative estimate of drug-likeness (QED) is 0.0877. The van der Waals surface area contributed by atoms with Crippen molar-refractivity contribution in [1.82, 2.24) is 25.8 Å². The van der Waals surface area contributed by atoms with Crippen LogP contribution in [0.3, 0.4) is 0 Å². The van der Waals surface area contributed by atoms with Gasteiger partial charge < -0.3 is 35.2 Å². The minimum Gasteiger partial charge on any atom is -0.444 e. The van der Waals surface area contributed by atoms with E-state index >= 15 is 0 Å². The van der Waals surface area contributed by atoms with Crippen molar-refractivity contribution in [2.75, 3.05) is 23.9 Å². The first-order valence-electron chi connectivity index (χ1n) is 34.1. The third-order valence-corrected chi connectivity index (χ3v) is 21.3. The second-order valence-corrected chi connectivity index (χ2v) is 30.8. The highest BCUT2D eigenvalue weighted by Crippen LogP contribution is 2.49. The lowest BCUT2D eigenvalue weighted by Crippen LogP contribution is -2.55. The Morgan fingerprint density at radius 3 is 1.23 bits per heavy atom. The number of rotatable bonds is 14. The Hall–Kier alpha value is -8.81. The fourth-order valence-corrected chi connectivity index (χ4v) is 16.1. The maximum Gasteiger partial charge on any atom is 0.411 e. The third-order valence-electron chi connectivity index (χ3n) is 20.5. The number of fused-ring (bicyclic) bond motifs is 8. The molecular formula is C77H87IN10O9. The van der Waals surface area contributed by atoms with Crippen molar-refractivity contribution in [3.05, 3.63) is 141 Å². The molecule has 3 N–H and O–H groups in total. The van der Waals surface area contributed by atoms with Gasteiger partial charge in [0.2, 0.25) is 29.5 Å². The number of carbonyl (C=O) groups excluding carboxylic acids is 7.